The summed E-state index contributed by atoms with van der Waals surface area (Å²) in [7, 11) is -2.74. The van der Waals surface area contributed by atoms with E-state index in [2.05, 4.69) is 204 Å². The molecule has 0 radical (unpaired) electrons. The van der Waals surface area contributed by atoms with Crippen molar-refractivity contribution >= 4 is 62.9 Å². The highest BCUT2D eigenvalue weighted by atomic mass is 28.3. The van der Waals surface area contributed by atoms with E-state index in [0.717, 1.165) is 39.4 Å². The molecule has 282 valence electrons. The molecule has 9 aromatic rings. The van der Waals surface area contributed by atoms with E-state index in [1.165, 1.54) is 32.1 Å². The molecule has 10 rings (SSSR count). The van der Waals surface area contributed by atoms with Gasteiger partial charge in [0, 0.05) is 34.0 Å². The molecule has 59 heavy (non-hydrogen) atoms. The summed E-state index contributed by atoms with van der Waals surface area (Å²) in [6.07, 6.45) is 0. The van der Waals surface area contributed by atoms with Gasteiger partial charge in [0.1, 0.15) is 5.60 Å². The van der Waals surface area contributed by atoms with Crippen molar-refractivity contribution in [1.82, 2.24) is 0 Å². The summed E-state index contributed by atoms with van der Waals surface area (Å²) in [6.45, 7) is 0. The van der Waals surface area contributed by atoms with Crippen molar-refractivity contribution < 1.29 is 5.11 Å². The van der Waals surface area contributed by atoms with Crippen molar-refractivity contribution in [2.24, 2.45) is 0 Å². The molecule has 9 aromatic carbocycles. The predicted molar refractivity (Wildman–Crippen MR) is 248 cm³/mol. The Morgan fingerprint density at radius 3 is 1.27 bits per heavy atom. The molecule has 1 atom stereocenters. The van der Waals surface area contributed by atoms with E-state index in [9.17, 15) is 5.11 Å². The normalized spacial score (nSPS) is 13.7. The maximum atomic E-state index is 13.6. The van der Waals surface area contributed by atoms with E-state index in [1.807, 2.05) is 54.6 Å². The Balaban J connectivity index is 1.15. The van der Waals surface area contributed by atoms with Gasteiger partial charge in [-0.2, -0.15) is 0 Å². The van der Waals surface area contributed by atoms with E-state index < -0.39 is 13.7 Å². The second-order valence-corrected chi connectivity index (χ2v) is 18.7. The van der Waals surface area contributed by atoms with Crippen LogP contribution in [0.5, 0.6) is 0 Å². The molecule has 0 spiro atoms. The predicted octanol–water partition coefficient (Wildman–Crippen LogP) is 10.6. The Morgan fingerprint density at radius 1 is 0.373 bits per heavy atom. The summed E-state index contributed by atoms with van der Waals surface area (Å²) in [5, 5.41) is 18.9. The van der Waals surface area contributed by atoms with Crippen LogP contribution < -0.4 is 30.5 Å². The van der Waals surface area contributed by atoms with Gasteiger partial charge in [-0.25, -0.2) is 0 Å². The standard InChI is InChI=1S/C55H42N2OSi/c58-55(42-22-6-1-7-23-42,49-32-16-17-33-50(49)56(44-24-8-2-9-25-44)45-26-10-3-11-27-45)43-38-40-46(41-39-43)57-51-34-18-20-36-53(51)59(47-28-12-4-13-29-47,48-30-14-5-15-31-48)54-37-21-19-35-52(54)57/h1-41,58H. The lowest BCUT2D eigenvalue weighted by atomic mass is 9.79. The van der Waals surface area contributed by atoms with Crippen molar-refractivity contribution in [3.05, 3.63) is 265 Å². The second-order valence-electron chi connectivity index (χ2n) is 15.0. The molecule has 1 unspecified atom stereocenters. The molecular formula is C55H42N2OSi. The zero-order valence-corrected chi connectivity index (χ0v) is 33.5. The quantitative estimate of drug-likeness (QED) is 0.117. The summed E-state index contributed by atoms with van der Waals surface area (Å²) in [5.74, 6) is 0. The van der Waals surface area contributed by atoms with Gasteiger partial charge in [0.15, 0.2) is 8.07 Å². The highest BCUT2D eigenvalue weighted by molar-refractivity contribution is 7.21. The smallest absolute Gasteiger partial charge is 0.184 e. The Bertz CT molecular complexity index is 2710. The summed E-state index contributed by atoms with van der Waals surface area (Å²) in [6, 6.07) is 87.7. The van der Waals surface area contributed by atoms with Crippen LogP contribution in [0.2, 0.25) is 0 Å². The number of hydrogen-bond donors (Lipinski definition) is 1. The van der Waals surface area contributed by atoms with Crippen LogP contribution in [0.3, 0.4) is 0 Å². The molecule has 4 heteroatoms. The molecule has 0 saturated heterocycles. The first-order valence-electron chi connectivity index (χ1n) is 20.2. The number of fused-ring (bicyclic) bond motifs is 2. The van der Waals surface area contributed by atoms with Gasteiger partial charge in [0.25, 0.3) is 0 Å². The van der Waals surface area contributed by atoms with E-state index in [-0.39, 0.29) is 0 Å². The van der Waals surface area contributed by atoms with Crippen molar-refractivity contribution in [3.63, 3.8) is 0 Å². The van der Waals surface area contributed by atoms with Gasteiger partial charge >= 0.3 is 0 Å². The molecule has 1 N–H and O–H groups in total. The maximum absolute atomic E-state index is 13.6. The largest absolute Gasteiger partial charge is 0.376 e. The molecular weight excluding hydrogens is 733 g/mol. The number of hydrogen-bond acceptors (Lipinski definition) is 3. The van der Waals surface area contributed by atoms with Crippen LogP contribution in [0, 0.1) is 0 Å². The summed E-state index contributed by atoms with van der Waals surface area (Å²) in [4.78, 5) is 4.64. The van der Waals surface area contributed by atoms with Crippen LogP contribution in [0.4, 0.5) is 34.1 Å². The zero-order valence-electron chi connectivity index (χ0n) is 32.5. The first-order valence-corrected chi connectivity index (χ1v) is 22.2. The average Bonchev–Trinajstić information content (AvgIpc) is 3.32. The average molecular weight is 775 g/mol. The zero-order chi connectivity index (χ0) is 39.7. The van der Waals surface area contributed by atoms with Crippen molar-refractivity contribution in [2.45, 2.75) is 5.60 Å². The second kappa shape index (κ2) is 15.3. The number of nitrogens with zero attached hydrogens (tertiary/aromatic N) is 2. The third-order valence-electron chi connectivity index (χ3n) is 11.8. The van der Waals surface area contributed by atoms with Gasteiger partial charge in [-0.15, -0.1) is 0 Å². The molecule has 1 aliphatic rings. The van der Waals surface area contributed by atoms with Gasteiger partial charge in [0.2, 0.25) is 0 Å². The third-order valence-corrected chi connectivity index (χ3v) is 16.7. The number of anilines is 6. The van der Waals surface area contributed by atoms with E-state index in [1.54, 1.807) is 0 Å². The minimum absolute atomic E-state index is 0.775. The van der Waals surface area contributed by atoms with Gasteiger partial charge in [-0.1, -0.05) is 194 Å². The summed E-state index contributed by atoms with van der Waals surface area (Å²) < 4.78 is 0. The first-order chi connectivity index (χ1) is 29.2. The molecule has 1 heterocycles. The van der Waals surface area contributed by atoms with Gasteiger partial charge in [-0.05, 0) is 86.5 Å². The van der Waals surface area contributed by atoms with Crippen LogP contribution >= 0.6 is 0 Å². The highest BCUT2D eigenvalue weighted by Crippen LogP contribution is 2.46. The van der Waals surface area contributed by atoms with Crippen LogP contribution in [-0.4, -0.2) is 13.2 Å². The topological polar surface area (TPSA) is 26.7 Å². The van der Waals surface area contributed by atoms with Crippen molar-refractivity contribution in [2.75, 3.05) is 9.80 Å². The van der Waals surface area contributed by atoms with Gasteiger partial charge in [0.05, 0.1) is 5.69 Å². The monoisotopic (exact) mass is 774 g/mol. The summed E-state index contributed by atoms with van der Waals surface area (Å²) >= 11 is 0. The van der Waals surface area contributed by atoms with E-state index in [0.29, 0.717) is 0 Å². The fourth-order valence-corrected chi connectivity index (χ4v) is 14.4. The maximum Gasteiger partial charge on any atom is 0.184 e. The van der Waals surface area contributed by atoms with Crippen LogP contribution in [0.25, 0.3) is 0 Å². The third kappa shape index (κ3) is 6.00. The number of aliphatic hydroxyl groups is 1. The SMILES string of the molecule is OC(c1ccccc1)(c1ccc(N2c3ccccc3[Si](c3ccccc3)(c3ccccc3)c3ccccc32)cc1)c1ccccc1N(c1ccccc1)c1ccccc1. The molecule has 0 bridgehead atoms. The van der Waals surface area contributed by atoms with E-state index in [4.69, 9.17) is 0 Å². The Morgan fingerprint density at radius 2 is 0.763 bits per heavy atom. The summed E-state index contributed by atoms with van der Waals surface area (Å²) in [5.41, 5.74) is 7.11. The number of para-hydroxylation sites is 5. The molecule has 0 amide bonds. The molecule has 3 nitrogen and oxygen atoms in total. The Kier molecular flexibility index (Phi) is 9.34. The highest BCUT2D eigenvalue weighted by Gasteiger charge is 2.48. The minimum atomic E-state index is -2.74. The minimum Gasteiger partial charge on any atom is -0.376 e. The Labute approximate surface area is 347 Å². The lowest BCUT2D eigenvalue weighted by Gasteiger charge is -2.45. The van der Waals surface area contributed by atoms with Crippen molar-refractivity contribution in [1.29, 1.82) is 0 Å². The van der Waals surface area contributed by atoms with Gasteiger partial charge < -0.3 is 14.9 Å². The number of benzene rings is 9. The number of rotatable bonds is 9. The van der Waals surface area contributed by atoms with Gasteiger partial charge in [-0.3, -0.25) is 0 Å². The molecule has 0 saturated carbocycles. The lowest BCUT2D eigenvalue weighted by molar-refractivity contribution is 0.126. The fraction of sp³-hybridized carbons (Fsp3) is 0.0182. The lowest BCUT2D eigenvalue weighted by Crippen LogP contribution is -2.77. The van der Waals surface area contributed by atoms with Crippen LogP contribution in [-0.2, 0) is 5.60 Å². The van der Waals surface area contributed by atoms with E-state index >= 15 is 0 Å². The molecule has 0 aliphatic carbocycles. The fourth-order valence-electron chi connectivity index (χ4n) is 9.25. The molecule has 0 fully saturated rings. The first kappa shape index (κ1) is 36.1. The molecule has 1 aliphatic heterocycles. The Hall–Kier alpha value is -7.24. The van der Waals surface area contributed by atoms with Crippen LogP contribution in [0.15, 0.2) is 249 Å². The van der Waals surface area contributed by atoms with Crippen molar-refractivity contribution in [3.8, 4) is 0 Å². The van der Waals surface area contributed by atoms with Crippen LogP contribution in [0.1, 0.15) is 16.7 Å². The molecule has 0 aromatic heterocycles.